The SMILES string of the molecule is N#CC1C=NC(NCCNc2nc(-c3cc(Cl)ccc3Cl)nc3ccccc23)=CC1. The second kappa shape index (κ2) is 9.12. The highest BCUT2D eigenvalue weighted by atomic mass is 35.5. The van der Waals surface area contributed by atoms with E-state index in [1.54, 1.807) is 24.4 Å². The molecule has 0 saturated carbocycles. The molecule has 0 radical (unpaired) electrons. The molecule has 0 bridgehead atoms. The highest BCUT2D eigenvalue weighted by Crippen LogP contribution is 2.31. The number of nitrogens with zero attached hydrogens (tertiary/aromatic N) is 4. The van der Waals surface area contributed by atoms with Gasteiger partial charge in [0.15, 0.2) is 5.82 Å². The number of hydrogen-bond donors (Lipinski definition) is 2. The number of aliphatic imine (C=N–C) groups is 1. The Kier molecular flexibility index (Phi) is 6.12. The maximum absolute atomic E-state index is 8.91. The van der Waals surface area contributed by atoms with Crippen LogP contribution in [0.3, 0.4) is 0 Å². The standard InChI is InChI=1S/C22H18Cl2N6/c23-15-6-7-18(24)17(11-15)22-29-19-4-2-1-3-16(19)21(30-22)27-10-9-26-20-8-5-14(12-25)13-28-20/h1-4,6-8,11,13-14,26H,5,9-10H2,(H,27,29,30). The summed E-state index contributed by atoms with van der Waals surface area (Å²) in [5.74, 6) is 1.87. The molecule has 0 spiro atoms. The molecule has 30 heavy (non-hydrogen) atoms. The predicted molar refractivity (Wildman–Crippen MR) is 122 cm³/mol. The first kappa shape index (κ1) is 20.1. The number of aromatic nitrogens is 2. The lowest BCUT2D eigenvalue weighted by molar-refractivity contribution is 0.769. The van der Waals surface area contributed by atoms with Crippen molar-refractivity contribution in [1.29, 1.82) is 5.26 Å². The molecule has 0 aliphatic carbocycles. The Hall–Kier alpha value is -3.14. The van der Waals surface area contributed by atoms with Gasteiger partial charge in [-0.3, -0.25) is 0 Å². The number of anilines is 1. The Morgan fingerprint density at radius 3 is 2.70 bits per heavy atom. The fourth-order valence-corrected chi connectivity index (χ4v) is 3.47. The van der Waals surface area contributed by atoms with E-state index in [-0.39, 0.29) is 5.92 Å². The van der Waals surface area contributed by atoms with E-state index in [4.69, 9.17) is 33.4 Å². The molecule has 2 aromatic carbocycles. The Morgan fingerprint density at radius 2 is 1.90 bits per heavy atom. The summed E-state index contributed by atoms with van der Waals surface area (Å²) in [5, 5.41) is 17.6. The highest BCUT2D eigenvalue weighted by molar-refractivity contribution is 6.35. The molecule has 1 aliphatic heterocycles. The summed E-state index contributed by atoms with van der Waals surface area (Å²) in [4.78, 5) is 13.6. The summed E-state index contributed by atoms with van der Waals surface area (Å²) in [6, 6.07) is 15.2. The Balaban J connectivity index is 1.52. The molecule has 0 saturated heterocycles. The second-order valence-corrected chi connectivity index (χ2v) is 7.57. The van der Waals surface area contributed by atoms with Crippen LogP contribution < -0.4 is 10.6 Å². The number of fused-ring (bicyclic) bond motifs is 1. The largest absolute Gasteiger partial charge is 0.369 e. The Morgan fingerprint density at radius 1 is 1.07 bits per heavy atom. The Bertz CT molecular complexity index is 1180. The molecule has 1 aliphatic rings. The highest BCUT2D eigenvalue weighted by Gasteiger charge is 2.13. The molecule has 0 fully saturated rings. The van der Waals surface area contributed by atoms with Crippen LogP contribution in [0.25, 0.3) is 22.3 Å². The minimum atomic E-state index is -0.141. The monoisotopic (exact) mass is 436 g/mol. The van der Waals surface area contributed by atoms with Crippen LogP contribution in [0.15, 0.2) is 59.4 Å². The number of rotatable bonds is 6. The minimum Gasteiger partial charge on any atom is -0.369 e. The quantitative estimate of drug-likeness (QED) is 0.527. The topological polar surface area (TPSA) is 86.0 Å². The van der Waals surface area contributed by atoms with Gasteiger partial charge in [-0.1, -0.05) is 35.3 Å². The van der Waals surface area contributed by atoms with Crippen molar-refractivity contribution < 1.29 is 0 Å². The van der Waals surface area contributed by atoms with E-state index in [1.807, 2.05) is 30.3 Å². The third-order valence-corrected chi connectivity index (χ3v) is 5.19. The van der Waals surface area contributed by atoms with E-state index in [0.717, 1.165) is 22.5 Å². The number of halogens is 2. The van der Waals surface area contributed by atoms with Gasteiger partial charge in [-0.15, -0.1) is 0 Å². The van der Waals surface area contributed by atoms with Gasteiger partial charge in [0.25, 0.3) is 0 Å². The fourth-order valence-electron chi connectivity index (χ4n) is 3.10. The molecule has 8 heteroatoms. The third-order valence-electron chi connectivity index (χ3n) is 4.62. The molecule has 1 aromatic heterocycles. The smallest absolute Gasteiger partial charge is 0.163 e. The van der Waals surface area contributed by atoms with Crippen LogP contribution >= 0.6 is 23.2 Å². The van der Waals surface area contributed by atoms with Gasteiger partial charge in [0, 0.05) is 35.3 Å². The third kappa shape index (κ3) is 4.54. The van der Waals surface area contributed by atoms with Gasteiger partial charge in [0.05, 0.1) is 22.5 Å². The fraction of sp³-hybridized carbons (Fsp3) is 0.182. The van der Waals surface area contributed by atoms with Crippen LogP contribution in [0, 0.1) is 17.2 Å². The molecule has 1 unspecified atom stereocenters. The summed E-state index contributed by atoms with van der Waals surface area (Å²) >= 11 is 12.5. The molecular weight excluding hydrogens is 419 g/mol. The van der Waals surface area contributed by atoms with Crippen molar-refractivity contribution in [2.75, 3.05) is 18.4 Å². The average molecular weight is 437 g/mol. The van der Waals surface area contributed by atoms with Crippen LogP contribution in [0.1, 0.15) is 6.42 Å². The summed E-state index contributed by atoms with van der Waals surface area (Å²) in [5.41, 5.74) is 1.50. The van der Waals surface area contributed by atoms with Gasteiger partial charge >= 0.3 is 0 Å². The number of para-hydroxylation sites is 1. The van der Waals surface area contributed by atoms with E-state index < -0.39 is 0 Å². The summed E-state index contributed by atoms with van der Waals surface area (Å²) in [6.45, 7) is 1.27. The van der Waals surface area contributed by atoms with Crippen molar-refractivity contribution in [2.24, 2.45) is 10.9 Å². The van der Waals surface area contributed by atoms with Crippen molar-refractivity contribution in [1.82, 2.24) is 15.3 Å². The molecule has 6 nitrogen and oxygen atoms in total. The van der Waals surface area contributed by atoms with Crippen molar-refractivity contribution >= 4 is 46.1 Å². The number of nitriles is 1. The maximum Gasteiger partial charge on any atom is 0.163 e. The number of allylic oxidation sites excluding steroid dienone is 1. The number of hydrogen-bond acceptors (Lipinski definition) is 6. The maximum atomic E-state index is 8.91. The van der Waals surface area contributed by atoms with Gasteiger partial charge in [0.2, 0.25) is 0 Å². The van der Waals surface area contributed by atoms with E-state index in [1.165, 1.54) is 0 Å². The van der Waals surface area contributed by atoms with Crippen LogP contribution in [0.4, 0.5) is 5.82 Å². The molecule has 0 amide bonds. The lowest BCUT2D eigenvalue weighted by Crippen LogP contribution is -2.23. The van der Waals surface area contributed by atoms with Gasteiger partial charge in [-0.25, -0.2) is 15.0 Å². The first-order valence-corrected chi connectivity index (χ1v) is 10.2. The average Bonchev–Trinajstić information content (AvgIpc) is 2.78. The second-order valence-electron chi connectivity index (χ2n) is 6.73. The summed E-state index contributed by atoms with van der Waals surface area (Å²) in [6.07, 6.45) is 4.29. The van der Waals surface area contributed by atoms with Crippen LogP contribution in [0.2, 0.25) is 10.0 Å². The molecule has 3 aromatic rings. The Labute approximate surface area is 184 Å². The van der Waals surface area contributed by atoms with Crippen molar-refractivity contribution in [3.05, 3.63) is 64.4 Å². The first-order chi connectivity index (χ1) is 14.6. The number of nitrogens with one attached hydrogen (secondary N) is 2. The number of benzene rings is 2. The van der Waals surface area contributed by atoms with Crippen LogP contribution in [-0.4, -0.2) is 29.3 Å². The zero-order chi connectivity index (χ0) is 20.9. The first-order valence-electron chi connectivity index (χ1n) is 9.48. The van der Waals surface area contributed by atoms with Gasteiger partial charge < -0.3 is 10.6 Å². The minimum absolute atomic E-state index is 0.141. The molecule has 150 valence electrons. The molecule has 1 atom stereocenters. The van der Waals surface area contributed by atoms with Gasteiger partial charge in [-0.2, -0.15) is 5.26 Å². The van der Waals surface area contributed by atoms with E-state index >= 15 is 0 Å². The van der Waals surface area contributed by atoms with Crippen molar-refractivity contribution in [2.45, 2.75) is 6.42 Å². The molecular formula is C22H18Cl2N6. The van der Waals surface area contributed by atoms with E-state index in [9.17, 15) is 0 Å². The molecule has 4 rings (SSSR count). The van der Waals surface area contributed by atoms with Gasteiger partial charge in [0.1, 0.15) is 11.6 Å². The van der Waals surface area contributed by atoms with Crippen LogP contribution in [-0.2, 0) is 0 Å². The molecule has 2 N–H and O–H groups in total. The lowest BCUT2D eigenvalue weighted by atomic mass is 10.1. The van der Waals surface area contributed by atoms with Crippen molar-refractivity contribution in [3.8, 4) is 17.5 Å². The lowest BCUT2D eigenvalue weighted by Gasteiger charge is -2.14. The summed E-state index contributed by atoms with van der Waals surface area (Å²) < 4.78 is 0. The van der Waals surface area contributed by atoms with Gasteiger partial charge in [-0.05, 0) is 42.8 Å². The zero-order valence-electron chi connectivity index (χ0n) is 15.9. The van der Waals surface area contributed by atoms with Crippen LogP contribution in [0.5, 0.6) is 0 Å². The zero-order valence-corrected chi connectivity index (χ0v) is 17.5. The normalized spacial score (nSPS) is 15.5. The van der Waals surface area contributed by atoms with Crippen molar-refractivity contribution in [3.63, 3.8) is 0 Å². The van der Waals surface area contributed by atoms with E-state index in [2.05, 4.69) is 26.7 Å². The summed E-state index contributed by atoms with van der Waals surface area (Å²) in [7, 11) is 0. The molecule has 2 heterocycles. The predicted octanol–water partition coefficient (Wildman–Crippen LogP) is 5.06. The van der Waals surface area contributed by atoms with E-state index in [0.29, 0.717) is 40.9 Å².